The number of hydrogen-bond acceptors (Lipinski definition) is 6. The van der Waals surface area contributed by atoms with Crippen molar-refractivity contribution in [1.82, 2.24) is 14.8 Å². The fourth-order valence-corrected chi connectivity index (χ4v) is 5.01. The van der Waals surface area contributed by atoms with Crippen LogP contribution in [-0.4, -0.2) is 61.3 Å². The fraction of sp³-hybridized carbons (Fsp3) is 0.391. The van der Waals surface area contributed by atoms with Gasteiger partial charge in [-0.25, -0.2) is 0 Å². The molecular weight excluding hydrogens is 430 g/mol. The SMILES string of the molecule is COCCNC(=O)[C@]1(C)Cn2c(cc3ccsc32)C(=O)N1Cc1ccc(OC)cc1OC. The summed E-state index contributed by atoms with van der Waals surface area (Å²) in [5, 5.41) is 5.92. The van der Waals surface area contributed by atoms with Crippen LogP contribution in [0.3, 0.4) is 0 Å². The molecule has 0 saturated heterocycles. The molecule has 0 saturated carbocycles. The average Bonchev–Trinajstić information content (AvgIpc) is 3.39. The minimum atomic E-state index is -1.10. The largest absolute Gasteiger partial charge is 0.497 e. The van der Waals surface area contributed by atoms with Gasteiger partial charge >= 0.3 is 0 Å². The minimum absolute atomic E-state index is 0.193. The lowest BCUT2D eigenvalue weighted by atomic mass is 9.93. The Kier molecular flexibility index (Phi) is 6.12. The Morgan fingerprint density at radius 3 is 2.72 bits per heavy atom. The standard InChI is InChI=1S/C23H27N3O5S/c1-23(22(28)24-8-9-29-2)14-25-18(11-15-7-10-32-21(15)25)20(27)26(23)13-16-5-6-17(30-3)12-19(16)31-4/h5-7,10-12H,8-9,13-14H2,1-4H3,(H,24,28)/t23-/m0/s1. The van der Waals surface area contributed by atoms with Gasteiger partial charge in [-0.15, -0.1) is 11.3 Å². The number of rotatable bonds is 8. The molecule has 9 heteroatoms. The van der Waals surface area contributed by atoms with Crippen molar-refractivity contribution < 1.29 is 23.8 Å². The number of thiophene rings is 1. The molecule has 0 aliphatic carbocycles. The molecule has 1 aliphatic heterocycles. The second-order valence-electron chi connectivity index (χ2n) is 7.89. The zero-order valence-electron chi connectivity index (χ0n) is 18.6. The minimum Gasteiger partial charge on any atom is -0.497 e. The molecule has 1 aliphatic rings. The van der Waals surface area contributed by atoms with Crippen LogP contribution < -0.4 is 14.8 Å². The molecule has 32 heavy (non-hydrogen) atoms. The molecule has 4 rings (SSSR count). The summed E-state index contributed by atoms with van der Waals surface area (Å²) >= 11 is 1.57. The summed E-state index contributed by atoms with van der Waals surface area (Å²) < 4.78 is 17.9. The first-order valence-corrected chi connectivity index (χ1v) is 11.2. The zero-order chi connectivity index (χ0) is 22.9. The van der Waals surface area contributed by atoms with E-state index in [0.717, 1.165) is 15.8 Å². The predicted octanol–water partition coefficient (Wildman–Crippen LogP) is 2.90. The van der Waals surface area contributed by atoms with E-state index in [9.17, 15) is 9.59 Å². The van der Waals surface area contributed by atoms with Gasteiger partial charge in [0, 0.05) is 30.7 Å². The van der Waals surface area contributed by atoms with Gasteiger partial charge in [-0.1, -0.05) is 0 Å². The number of nitrogens with one attached hydrogen (secondary N) is 1. The first-order valence-electron chi connectivity index (χ1n) is 10.3. The van der Waals surface area contributed by atoms with Crippen LogP contribution in [0.1, 0.15) is 23.0 Å². The number of carbonyl (C=O) groups is 2. The van der Waals surface area contributed by atoms with Crippen molar-refractivity contribution in [1.29, 1.82) is 0 Å². The zero-order valence-corrected chi connectivity index (χ0v) is 19.5. The quantitative estimate of drug-likeness (QED) is 0.526. The van der Waals surface area contributed by atoms with E-state index in [1.165, 1.54) is 0 Å². The van der Waals surface area contributed by atoms with Crippen LogP contribution in [0.4, 0.5) is 0 Å². The van der Waals surface area contributed by atoms with Crippen molar-refractivity contribution in [2.45, 2.75) is 25.6 Å². The van der Waals surface area contributed by atoms with Crippen LogP contribution in [0.5, 0.6) is 11.5 Å². The molecular formula is C23H27N3O5S. The van der Waals surface area contributed by atoms with Gasteiger partial charge in [0.05, 0.1) is 33.9 Å². The van der Waals surface area contributed by atoms with E-state index in [1.54, 1.807) is 43.6 Å². The van der Waals surface area contributed by atoms with Gasteiger partial charge in [-0.2, -0.15) is 0 Å². The summed E-state index contributed by atoms with van der Waals surface area (Å²) in [5.41, 5.74) is 0.277. The van der Waals surface area contributed by atoms with Crippen LogP contribution in [0, 0.1) is 0 Å². The predicted molar refractivity (Wildman–Crippen MR) is 123 cm³/mol. The number of amides is 2. The third kappa shape index (κ3) is 3.71. The van der Waals surface area contributed by atoms with Gasteiger partial charge in [0.15, 0.2) is 0 Å². The number of benzene rings is 1. The molecule has 0 fully saturated rings. The number of carbonyl (C=O) groups excluding carboxylic acids is 2. The van der Waals surface area contributed by atoms with Crippen molar-refractivity contribution in [3.63, 3.8) is 0 Å². The highest BCUT2D eigenvalue weighted by atomic mass is 32.1. The summed E-state index contributed by atoms with van der Waals surface area (Å²) in [6.45, 7) is 3.15. The van der Waals surface area contributed by atoms with Crippen molar-refractivity contribution in [3.8, 4) is 11.5 Å². The van der Waals surface area contributed by atoms with E-state index in [2.05, 4.69) is 5.32 Å². The Labute approximate surface area is 190 Å². The first kappa shape index (κ1) is 22.2. The summed E-state index contributed by atoms with van der Waals surface area (Å²) in [6.07, 6.45) is 0. The molecule has 3 aromatic rings. The molecule has 0 unspecified atom stereocenters. The van der Waals surface area contributed by atoms with Gasteiger partial charge in [-0.05, 0) is 36.6 Å². The van der Waals surface area contributed by atoms with E-state index in [0.29, 0.717) is 36.9 Å². The highest BCUT2D eigenvalue weighted by molar-refractivity contribution is 7.16. The van der Waals surface area contributed by atoms with Gasteiger partial charge in [0.2, 0.25) is 5.91 Å². The molecule has 1 atom stereocenters. The molecule has 0 spiro atoms. The van der Waals surface area contributed by atoms with Crippen LogP contribution in [0.2, 0.25) is 0 Å². The van der Waals surface area contributed by atoms with Crippen LogP contribution >= 0.6 is 11.3 Å². The van der Waals surface area contributed by atoms with Crippen molar-refractivity contribution in [2.75, 3.05) is 34.5 Å². The maximum absolute atomic E-state index is 13.7. The van der Waals surface area contributed by atoms with E-state index in [4.69, 9.17) is 14.2 Å². The molecule has 8 nitrogen and oxygen atoms in total. The highest BCUT2D eigenvalue weighted by Crippen LogP contribution is 2.36. The van der Waals surface area contributed by atoms with Gasteiger partial charge < -0.3 is 29.0 Å². The topological polar surface area (TPSA) is 82.0 Å². The van der Waals surface area contributed by atoms with E-state index < -0.39 is 5.54 Å². The van der Waals surface area contributed by atoms with E-state index >= 15 is 0 Å². The molecule has 1 N–H and O–H groups in total. The third-order valence-electron chi connectivity index (χ3n) is 5.93. The Morgan fingerprint density at radius 2 is 2.00 bits per heavy atom. The lowest BCUT2D eigenvalue weighted by Gasteiger charge is -2.44. The Hall–Kier alpha value is -3.04. The summed E-state index contributed by atoms with van der Waals surface area (Å²) in [4.78, 5) is 29.7. The number of hydrogen-bond donors (Lipinski definition) is 1. The second kappa shape index (κ2) is 8.84. The summed E-state index contributed by atoms with van der Waals surface area (Å²) in [6, 6.07) is 9.35. The highest BCUT2D eigenvalue weighted by Gasteiger charge is 2.48. The Morgan fingerprint density at radius 1 is 1.19 bits per heavy atom. The molecule has 0 radical (unpaired) electrons. The molecule has 3 heterocycles. The normalized spacial score (nSPS) is 18.0. The maximum atomic E-state index is 13.7. The number of nitrogens with zero attached hydrogens (tertiary/aromatic N) is 2. The molecule has 170 valence electrons. The first-order chi connectivity index (χ1) is 15.4. The lowest BCUT2D eigenvalue weighted by molar-refractivity contribution is -0.133. The Bertz CT molecular complexity index is 1150. The summed E-state index contributed by atoms with van der Waals surface area (Å²) in [7, 11) is 4.75. The van der Waals surface area contributed by atoms with Crippen LogP contribution in [0.15, 0.2) is 35.7 Å². The third-order valence-corrected chi connectivity index (χ3v) is 6.88. The number of fused-ring (bicyclic) bond motifs is 3. The molecule has 0 bridgehead atoms. The number of methoxy groups -OCH3 is 3. The van der Waals surface area contributed by atoms with Crippen LogP contribution in [-0.2, 0) is 22.6 Å². The molecule has 1 aromatic carbocycles. The second-order valence-corrected chi connectivity index (χ2v) is 8.78. The number of ether oxygens (including phenoxy) is 3. The van der Waals surface area contributed by atoms with Gasteiger partial charge in [-0.3, -0.25) is 9.59 Å². The lowest BCUT2D eigenvalue weighted by Crippen LogP contribution is -2.63. The summed E-state index contributed by atoms with van der Waals surface area (Å²) in [5.74, 6) is 0.840. The van der Waals surface area contributed by atoms with Gasteiger partial charge in [0.1, 0.15) is 27.6 Å². The molecule has 2 aromatic heterocycles. The fourth-order valence-electron chi connectivity index (χ4n) is 4.12. The van der Waals surface area contributed by atoms with E-state index in [1.807, 2.05) is 41.1 Å². The Balaban J connectivity index is 1.75. The van der Waals surface area contributed by atoms with Crippen molar-refractivity contribution in [3.05, 3.63) is 47.0 Å². The van der Waals surface area contributed by atoms with Gasteiger partial charge in [0.25, 0.3) is 5.91 Å². The van der Waals surface area contributed by atoms with E-state index in [-0.39, 0.29) is 18.4 Å². The van der Waals surface area contributed by atoms with Crippen molar-refractivity contribution >= 4 is 33.4 Å². The van der Waals surface area contributed by atoms with Crippen LogP contribution in [0.25, 0.3) is 10.2 Å². The average molecular weight is 458 g/mol. The monoisotopic (exact) mass is 457 g/mol. The molecule has 2 amide bonds. The number of aromatic nitrogens is 1. The smallest absolute Gasteiger partial charge is 0.271 e. The maximum Gasteiger partial charge on any atom is 0.271 e. The van der Waals surface area contributed by atoms with Crippen molar-refractivity contribution in [2.24, 2.45) is 0 Å².